The summed E-state index contributed by atoms with van der Waals surface area (Å²) in [5, 5.41) is 11.9. The van der Waals surface area contributed by atoms with E-state index in [4.69, 9.17) is 16.9 Å². The molecule has 2 amide bonds. The van der Waals surface area contributed by atoms with E-state index in [0.29, 0.717) is 35.9 Å². The zero-order chi connectivity index (χ0) is 22.7. The Morgan fingerprint density at radius 1 is 1.19 bits per heavy atom. The van der Waals surface area contributed by atoms with Crippen molar-refractivity contribution < 1.29 is 14.4 Å². The van der Waals surface area contributed by atoms with Crippen LogP contribution in [0.1, 0.15) is 68.1 Å². The minimum atomic E-state index is -0.487. The molecule has 32 heavy (non-hydrogen) atoms. The van der Waals surface area contributed by atoms with Crippen LogP contribution in [0.3, 0.4) is 0 Å². The number of ketones is 1. The molecule has 4 rings (SSSR count). The lowest BCUT2D eigenvalue weighted by Gasteiger charge is -2.29. The molecule has 3 fully saturated rings. The van der Waals surface area contributed by atoms with Gasteiger partial charge >= 0.3 is 0 Å². The van der Waals surface area contributed by atoms with E-state index in [1.54, 1.807) is 29.2 Å². The Hall–Kier alpha value is -2.39. The van der Waals surface area contributed by atoms with Crippen LogP contribution >= 0.6 is 11.6 Å². The number of benzene rings is 1. The maximum atomic E-state index is 13.8. The molecule has 1 N–H and O–H groups in total. The van der Waals surface area contributed by atoms with Gasteiger partial charge in [-0.3, -0.25) is 14.4 Å². The number of Topliss-reactive ketones (excluding diaryl/α,β-unsaturated/α-hetero) is 1. The van der Waals surface area contributed by atoms with Gasteiger partial charge in [-0.1, -0.05) is 37.3 Å². The molecule has 0 aromatic heterocycles. The standard InChI is InChI=1S/C25H30ClN3O3/c26-20-7-5-18(6-8-20)23(31)21-15-25(9-10-25)16-29(21)24(32)19(13-17-3-1-2-4-17)14-22(30)28-12-11-27/h5-8,17,19,21H,1-4,9-10,12-16H2,(H,28,30)/t19-,21+/m1/s1. The average Bonchev–Trinajstić information content (AvgIpc) is 3.17. The number of halogens is 1. The van der Waals surface area contributed by atoms with Gasteiger partial charge in [-0.2, -0.15) is 5.26 Å². The summed E-state index contributed by atoms with van der Waals surface area (Å²) in [5.74, 6) is -0.418. The van der Waals surface area contributed by atoms with Crippen LogP contribution in [0.25, 0.3) is 0 Å². The van der Waals surface area contributed by atoms with Crippen LogP contribution in [0, 0.1) is 28.6 Å². The highest BCUT2D eigenvalue weighted by Gasteiger charge is 2.55. The quantitative estimate of drug-likeness (QED) is 0.471. The number of amides is 2. The summed E-state index contributed by atoms with van der Waals surface area (Å²) >= 11 is 5.98. The van der Waals surface area contributed by atoms with Crippen molar-refractivity contribution in [3.63, 3.8) is 0 Å². The van der Waals surface area contributed by atoms with Gasteiger partial charge in [0.05, 0.1) is 12.1 Å². The summed E-state index contributed by atoms with van der Waals surface area (Å²) < 4.78 is 0. The van der Waals surface area contributed by atoms with Gasteiger partial charge in [0.15, 0.2) is 5.78 Å². The molecule has 1 spiro atoms. The smallest absolute Gasteiger partial charge is 0.226 e. The number of likely N-dealkylation sites (tertiary alicyclic amines) is 1. The Morgan fingerprint density at radius 2 is 1.88 bits per heavy atom. The van der Waals surface area contributed by atoms with Crippen molar-refractivity contribution in [1.29, 1.82) is 5.26 Å². The Morgan fingerprint density at radius 3 is 2.50 bits per heavy atom. The molecule has 2 atom stereocenters. The van der Waals surface area contributed by atoms with E-state index in [2.05, 4.69) is 5.32 Å². The van der Waals surface area contributed by atoms with Gasteiger partial charge in [-0.25, -0.2) is 0 Å². The van der Waals surface area contributed by atoms with Crippen molar-refractivity contribution in [3.05, 3.63) is 34.9 Å². The third-order valence-electron chi connectivity index (χ3n) is 7.42. The molecule has 2 saturated carbocycles. The van der Waals surface area contributed by atoms with Gasteiger partial charge in [0.25, 0.3) is 0 Å². The Bertz CT molecular complexity index is 913. The summed E-state index contributed by atoms with van der Waals surface area (Å²) in [6, 6.07) is 8.26. The third-order valence-corrected chi connectivity index (χ3v) is 7.67. The lowest BCUT2D eigenvalue weighted by Crippen LogP contribution is -2.45. The molecule has 2 aliphatic carbocycles. The summed E-state index contributed by atoms with van der Waals surface area (Å²) in [6.45, 7) is 0.532. The molecule has 0 unspecified atom stereocenters. The van der Waals surface area contributed by atoms with Crippen LogP contribution in [-0.4, -0.2) is 41.6 Å². The molecule has 1 aliphatic heterocycles. The Labute approximate surface area is 194 Å². The second-order valence-electron chi connectivity index (χ2n) is 9.78. The van der Waals surface area contributed by atoms with E-state index in [0.717, 1.165) is 38.5 Å². The first-order valence-electron chi connectivity index (χ1n) is 11.6. The van der Waals surface area contributed by atoms with Crippen LogP contribution in [0.4, 0.5) is 0 Å². The maximum Gasteiger partial charge on any atom is 0.226 e. The first kappa shape index (κ1) is 22.8. The van der Waals surface area contributed by atoms with Crippen molar-refractivity contribution in [2.45, 2.75) is 63.8 Å². The number of nitriles is 1. The molecule has 6 nitrogen and oxygen atoms in total. The highest BCUT2D eigenvalue weighted by molar-refractivity contribution is 6.30. The predicted octanol–water partition coefficient (Wildman–Crippen LogP) is 4.13. The van der Waals surface area contributed by atoms with E-state index in [-0.39, 0.29) is 36.0 Å². The molecule has 1 heterocycles. The summed E-state index contributed by atoms with van der Waals surface area (Å²) in [5.41, 5.74) is 0.623. The summed E-state index contributed by atoms with van der Waals surface area (Å²) in [7, 11) is 0. The molecule has 7 heteroatoms. The van der Waals surface area contributed by atoms with E-state index in [9.17, 15) is 14.4 Å². The zero-order valence-corrected chi connectivity index (χ0v) is 19.1. The molecule has 0 radical (unpaired) electrons. The molecular formula is C25H30ClN3O3. The van der Waals surface area contributed by atoms with Gasteiger partial charge < -0.3 is 10.2 Å². The van der Waals surface area contributed by atoms with Gasteiger partial charge in [0.2, 0.25) is 11.8 Å². The lowest BCUT2D eigenvalue weighted by atomic mass is 9.89. The van der Waals surface area contributed by atoms with E-state index in [1.807, 2.05) is 6.07 Å². The fourth-order valence-corrected chi connectivity index (χ4v) is 5.58. The molecule has 1 aromatic rings. The van der Waals surface area contributed by atoms with Gasteiger partial charge in [0.1, 0.15) is 6.54 Å². The van der Waals surface area contributed by atoms with E-state index >= 15 is 0 Å². The first-order valence-corrected chi connectivity index (χ1v) is 12.0. The maximum absolute atomic E-state index is 13.8. The lowest BCUT2D eigenvalue weighted by molar-refractivity contribution is -0.139. The van der Waals surface area contributed by atoms with Crippen molar-refractivity contribution >= 4 is 29.2 Å². The minimum Gasteiger partial charge on any atom is -0.343 e. The second kappa shape index (κ2) is 9.62. The van der Waals surface area contributed by atoms with Gasteiger partial charge in [-0.15, -0.1) is 0 Å². The van der Waals surface area contributed by atoms with Crippen LogP contribution in [0.2, 0.25) is 5.02 Å². The first-order chi connectivity index (χ1) is 15.4. The molecule has 1 saturated heterocycles. The topological polar surface area (TPSA) is 90.3 Å². The fourth-order valence-electron chi connectivity index (χ4n) is 5.46. The molecule has 1 aromatic carbocycles. The number of rotatable bonds is 8. The Balaban J connectivity index is 1.53. The number of nitrogens with zero attached hydrogens (tertiary/aromatic N) is 2. The summed E-state index contributed by atoms with van der Waals surface area (Å²) in [6.07, 6.45) is 8.01. The summed E-state index contributed by atoms with van der Waals surface area (Å²) in [4.78, 5) is 41.3. The largest absolute Gasteiger partial charge is 0.343 e. The number of hydrogen-bond donors (Lipinski definition) is 1. The van der Waals surface area contributed by atoms with Crippen molar-refractivity contribution in [3.8, 4) is 6.07 Å². The number of carbonyl (C=O) groups is 3. The minimum absolute atomic E-state index is 0.0488. The van der Waals surface area contributed by atoms with Gasteiger partial charge in [0, 0.05) is 29.5 Å². The SMILES string of the molecule is N#CCNC(=O)C[C@@H](CC1CCCC1)C(=O)N1CC2(CC2)C[C@H]1C(=O)c1ccc(Cl)cc1. The second-order valence-corrected chi connectivity index (χ2v) is 10.2. The van der Waals surface area contributed by atoms with Crippen LogP contribution < -0.4 is 5.32 Å². The normalized spacial score (nSPS) is 22.5. The van der Waals surface area contributed by atoms with Crippen LogP contribution in [-0.2, 0) is 9.59 Å². The molecule has 3 aliphatic rings. The highest BCUT2D eigenvalue weighted by Crippen LogP contribution is 2.55. The molecule has 170 valence electrons. The van der Waals surface area contributed by atoms with E-state index in [1.165, 1.54) is 0 Å². The van der Waals surface area contributed by atoms with Crippen LogP contribution in [0.15, 0.2) is 24.3 Å². The number of hydrogen-bond acceptors (Lipinski definition) is 4. The molecule has 0 bridgehead atoms. The fraction of sp³-hybridized carbons (Fsp3) is 0.600. The van der Waals surface area contributed by atoms with E-state index < -0.39 is 12.0 Å². The zero-order valence-electron chi connectivity index (χ0n) is 18.3. The number of nitrogens with one attached hydrogen (secondary N) is 1. The highest BCUT2D eigenvalue weighted by atomic mass is 35.5. The van der Waals surface area contributed by atoms with Gasteiger partial charge in [-0.05, 0) is 61.3 Å². The van der Waals surface area contributed by atoms with Crippen LogP contribution in [0.5, 0.6) is 0 Å². The van der Waals surface area contributed by atoms with Crippen molar-refractivity contribution in [2.75, 3.05) is 13.1 Å². The predicted molar refractivity (Wildman–Crippen MR) is 121 cm³/mol. The third kappa shape index (κ3) is 5.15. The van der Waals surface area contributed by atoms with Crippen molar-refractivity contribution in [1.82, 2.24) is 10.2 Å². The average molecular weight is 456 g/mol. The Kier molecular flexibility index (Phi) is 6.85. The number of carbonyl (C=O) groups excluding carboxylic acids is 3. The molecular weight excluding hydrogens is 426 g/mol. The monoisotopic (exact) mass is 455 g/mol. The van der Waals surface area contributed by atoms with Crippen molar-refractivity contribution in [2.24, 2.45) is 17.3 Å².